The molecule has 0 unspecified atom stereocenters. The zero-order valence-electron chi connectivity index (χ0n) is 10.4. The van der Waals surface area contributed by atoms with Crippen molar-refractivity contribution in [3.63, 3.8) is 0 Å². The van der Waals surface area contributed by atoms with Crippen LogP contribution in [0.4, 0.5) is 0 Å². The molecule has 0 fully saturated rings. The summed E-state index contributed by atoms with van der Waals surface area (Å²) in [4.78, 5) is 4.64. The van der Waals surface area contributed by atoms with Gasteiger partial charge in [0.15, 0.2) is 0 Å². The van der Waals surface area contributed by atoms with Gasteiger partial charge in [0, 0.05) is 21.5 Å². The molecule has 2 rings (SSSR count). The summed E-state index contributed by atoms with van der Waals surface area (Å²) in [6, 6.07) is 5.81. The molecule has 1 nitrogen and oxygen atoms in total. The van der Waals surface area contributed by atoms with Gasteiger partial charge in [0.1, 0.15) is 0 Å². The molecule has 0 spiro atoms. The molecule has 1 heterocycles. The van der Waals surface area contributed by atoms with Crippen LogP contribution in [0.2, 0.25) is 10.0 Å². The molecular weight excluding hydrogens is 253 g/mol. The summed E-state index contributed by atoms with van der Waals surface area (Å²) in [5.74, 6) is 0. The summed E-state index contributed by atoms with van der Waals surface area (Å²) in [6.45, 7) is 8.32. The number of fused-ring (bicyclic) bond motifs is 1. The lowest BCUT2D eigenvalue weighted by Gasteiger charge is -2.19. The summed E-state index contributed by atoms with van der Waals surface area (Å²) in [7, 11) is 0. The van der Waals surface area contributed by atoms with Crippen LogP contribution in [-0.4, -0.2) is 4.98 Å². The largest absolute Gasteiger partial charge is 0.252 e. The first-order chi connectivity index (χ1) is 7.79. The molecule has 3 heteroatoms. The molecule has 17 heavy (non-hydrogen) atoms. The number of aromatic nitrogens is 1. The van der Waals surface area contributed by atoms with Gasteiger partial charge in [-0.3, -0.25) is 4.98 Å². The highest BCUT2D eigenvalue weighted by Crippen LogP contribution is 2.31. The van der Waals surface area contributed by atoms with Gasteiger partial charge in [-0.1, -0.05) is 44.0 Å². The average Bonchev–Trinajstić information content (AvgIpc) is 2.19. The number of nitrogens with zero attached hydrogens (tertiary/aromatic N) is 1. The lowest BCUT2D eigenvalue weighted by Crippen LogP contribution is -2.13. The molecule has 1 aromatic carbocycles. The second-order valence-corrected chi connectivity index (χ2v) is 6.17. The molecule has 0 aliphatic heterocycles. The molecule has 0 aliphatic carbocycles. The summed E-state index contributed by atoms with van der Waals surface area (Å²) in [5.41, 5.74) is 2.84. The Morgan fingerprint density at radius 1 is 1.00 bits per heavy atom. The van der Waals surface area contributed by atoms with Gasteiger partial charge >= 0.3 is 0 Å². The number of hydrogen-bond acceptors (Lipinski definition) is 1. The third kappa shape index (κ3) is 2.41. The summed E-state index contributed by atoms with van der Waals surface area (Å²) >= 11 is 12.4. The van der Waals surface area contributed by atoms with Crippen LogP contribution in [0.3, 0.4) is 0 Å². The fraction of sp³-hybridized carbons (Fsp3) is 0.357. The predicted molar refractivity (Wildman–Crippen MR) is 75.2 cm³/mol. The van der Waals surface area contributed by atoms with E-state index >= 15 is 0 Å². The van der Waals surface area contributed by atoms with E-state index in [2.05, 4.69) is 25.8 Å². The van der Waals surface area contributed by atoms with Gasteiger partial charge < -0.3 is 0 Å². The van der Waals surface area contributed by atoms with E-state index in [1.807, 2.05) is 25.1 Å². The average molecular weight is 268 g/mol. The highest BCUT2D eigenvalue weighted by molar-refractivity contribution is 6.36. The molecule has 0 radical (unpaired) electrons. The quantitative estimate of drug-likeness (QED) is 0.644. The molecule has 1 aromatic heterocycles. The van der Waals surface area contributed by atoms with Gasteiger partial charge in [-0.15, -0.1) is 0 Å². The molecule has 0 saturated carbocycles. The molecule has 90 valence electrons. The van der Waals surface area contributed by atoms with E-state index in [-0.39, 0.29) is 5.41 Å². The van der Waals surface area contributed by atoms with Gasteiger partial charge in [-0.25, -0.2) is 0 Å². The van der Waals surface area contributed by atoms with E-state index in [1.54, 1.807) is 0 Å². The van der Waals surface area contributed by atoms with Crippen LogP contribution >= 0.6 is 23.2 Å². The van der Waals surface area contributed by atoms with E-state index in [0.29, 0.717) is 0 Å². The van der Waals surface area contributed by atoms with Crippen molar-refractivity contribution in [3.8, 4) is 0 Å². The molecule has 0 aliphatic rings. The topological polar surface area (TPSA) is 12.9 Å². The Kier molecular flexibility index (Phi) is 3.09. The van der Waals surface area contributed by atoms with Crippen molar-refractivity contribution in [1.29, 1.82) is 0 Å². The standard InChI is InChI=1S/C14H15Cl2N/c1-8-5-9-11(16)7-13(14(2,3)4)17-12(9)6-10(8)15/h5-7H,1-4H3. The number of benzene rings is 1. The van der Waals surface area contributed by atoms with Crippen LogP contribution < -0.4 is 0 Å². The second-order valence-electron chi connectivity index (χ2n) is 5.36. The fourth-order valence-corrected chi connectivity index (χ4v) is 2.11. The molecule has 2 aromatic rings. The van der Waals surface area contributed by atoms with E-state index in [0.717, 1.165) is 32.2 Å². The SMILES string of the molecule is Cc1cc2c(Cl)cc(C(C)(C)C)nc2cc1Cl. The minimum absolute atomic E-state index is 0.0187. The number of aryl methyl sites for hydroxylation is 1. The first-order valence-electron chi connectivity index (χ1n) is 5.56. The third-order valence-corrected chi connectivity index (χ3v) is 3.53. The first-order valence-corrected chi connectivity index (χ1v) is 6.31. The Balaban J connectivity index is 2.78. The van der Waals surface area contributed by atoms with Crippen molar-refractivity contribution >= 4 is 34.1 Å². The van der Waals surface area contributed by atoms with Crippen LogP contribution in [0.5, 0.6) is 0 Å². The zero-order chi connectivity index (χ0) is 12.8. The van der Waals surface area contributed by atoms with Gasteiger partial charge in [0.25, 0.3) is 0 Å². The highest BCUT2D eigenvalue weighted by Gasteiger charge is 2.17. The molecule has 0 N–H and O–H groups in total. The van der Waals surface area contributed by atoms with Crippen molar-refractivity contribution in [2.45, 2.75) is 33.1 Å². The third-order valence-electron chi connectivity index (χ3n) is 2.81. The molecule has 0 amide bonds. The predicted octanol–water partition coefficient (Wildman–Crippen LogP) is 5.15. The van der Waals surface area contributed by atoms with Crippen molar-refractivity contribution in [3.05, 3.63) is 39.5 Å². The maximum atomic E-state index is 6.31. The van der Waals surface area contributed by atoms with Gasteiger partial charge in [0.05, 0.1) is 10.5 Å². The molecular formula is C14H15Cl2N. The Hall–Kier alpha value is -0.790. The van der Waals surface area contributed by atoms with Gasteiger partial charge in [-0.2, -0.15) is 0 Å². The van der Waals surface area contributed by atoms with Crippen molar-refractivity contribution in [1.82, 2.24) is 4.98 Å². The molecule has 0 bridgehead atoms. The van der Waals surface area contributed by atoms with Crippen molar-refractivity contribution < 1.29 is 0 Å². The minimum atomic E-state index is -0.0187. The van der Waals surface area contributed by atoms with E-state index in [4.69, 9.17) is 23.2 Å². The molecule has 0 saturated heterocycles. The van der Waals surface area contributed by atoms with Crippen LogP contribution in [-0.2, 0) is 5.41 Å². The number of rotatable bonds is 0. The smallest absolute Gasteiger partial charge is 0.0735 e. The first kappa shape index (κ1) is 12.7. The Labute approximate surface area is 112 Å². The van der Waals surface area contributed by atoms with Crippen molar-refractivity contribution in [2.75, 3.05) is 0 Å². The zero-order valence-corrected chi connectivity index (χ0v) is 11.9. The Bertz CT molecular complexity index is 583. The summed E-state index contributed by atoms with van der Waals surface area (Å²) in [6.07, 6.45) is 0. The minimum Gasteiger partial charge on any atom is -0.252 e. The van der Waals surface area contributed by atoms with Gasteiger partial charge in [0.2, 0.25) is 0 Å². The maximum absolute atomic E-state index is 6.31. The Morgan fingerprint density at radius 2 is 1.65 bits per heavy atom. The highest BCUT2D eigenvalue weighted by atomic mass is 35.5. The van der Waals surface area contributed by atoms with Crippen LogP contribution in [0.1, 0.15) is 32.0 Å². The van der Waals surface area contributed by atoms with E-state index in [1.165, 1.54) is 0 Å². The monoisotopic (exact) mass is 267 g/mol. The summed E-state index contributed by atoms with van der Waals surface area (Å²) in [5, 5.41) is 2.42. The second kappa shape index (κ2) is 4.15. The molecule has 0 atom stereocenters. The fourth-order valence-electron chi connectivity index (χ4n) is 1.70. The van der Waals surface area contributed by atoms with Crippen LogP contribution in [0.25, 0.3) is 10.9 Å². The van der Waals surface area contributed by atoms with E-state index < -0.39 is 0 Å². The Morgan fingerprint density at radius 3 is 2.24 bits per heavy atom. The van der Waals surface area contributed by atoms with E-state index in [9.17, 15) is 0 Å². The lowest BCUT2D eigenvalue weighted by molar-refractivity contribution is 0.571. The number of hydrogen-bond donors (Lipinski definition) is 0. The lowest BCUT2D eigenvalue weighted by atomic mass is 9.91. The number of halogens is 2. The summed E-state index contributed by atoms with van der Waals surface area (Å²) < 4.78 is 0. The number of pyridine rings is 1. The maximum Gasteiger partial charge on any atom is 0.0735 e. The van der Waals surface area contributed by atoms with Crippen molar-refractivity contribution in [2.24, 2.45) is 0 Å². The van der Waals surface area contributed by atoms with Crippen LogP contribution in [0, 0.1) is 6.92 Å². The van der Waals surface area contributed by atoms with Gasteiger partial charge in [-0.05, 0) is 30.7 Å². The normalized spacial score (nSPS) is 12.1. The van der Waals surface area contributed by atoms with Crippen LogP contribution in [0.15, 0.2) is 18.2 Å².